The van der Waals surface area contributed by atoms with Gasteiger partial charge >= 0.3 is 7.12 Å². The lowest BCUT2D eigenvalue weighted by atomic mass is 9.77. The minimum absolute atomic E-state index is 0.498. The van der Waals surface area contributed by atoms with E-state index in [1.165, 1.54) is 0 Å². The van der Waals surface area contributed by atoms with Crippen molar-refractivity contribution in [3.05, 3.63) is 121 Å². The normalized spacial score (nSPS) is 18.8. The third-order valence-corrected chi connectivity index (χ3v) is 12.5. The first-order valence-electron chi connectivity index (χ1n) is 16.2. The summed E-state index contributed by atoms with van der Waals surface area (Å²) in [4.78, 5) is 15.1. The lowest BCUT2D eigenvalue weighted by Gasteiger charge is -2.32. The molecule has 1 saturated heterocycles. The number of benzene rings is 5. The first kappa shape index (κ1) is 30.6. The van der Waals surface area contributed by atoms with E-state index in [9.17, 15) is 4.57 Å². The molecule has 8 heteroatoms. The second kappa shape index (κ2) is 11.2. The molecule has 5 aromatic carbocycles. The van der Waals surface area contributed by atoms with E-state index >= 15 is 0 Å². The zero-order valence-electron chi connectivity index (χ0n) is 27.6. The highest BCUT2D eigenvalue weighted by atomic mass is 31.2. The molecule has 48 heavy (non-hydrogen) atoms. The fraction of sp³-hybridized carbons (Fsp3) is 0.175. The Morgan fingerprint density at radius 2 is 1.04 bits per heavy atom. The zero-order valence-corrected chi connectivity index (χ0v) is 28.5. The Kier molecular flexibility index (Phi) is 7.15. The average molecular weight is 648 g/mol. The number of hydrogen-bond acceptors (Lipinski definition) is 6. The van der Waals surface area contributed by atoms with Crippen molar-refractivity contribution in [1.82, 2.24) is 15.0 Å². The first-order valence-corrected chi connectivity index (χ1v) is 18.4. The van der Waals surface area contributed by atoms with E-state index in [1.807, 2.05) is 91.6 Å². The number of aromatic nitrogens is 3. The highest BCUT2D eigenvalue weighted by molar-refractivity contribution is 7.79. The largest absolute Gasteiger partial charge is 0.494 e. The Balaban J connectivity index is 1.35. The molecule has 0 saturated carbocycles. The highest BCUT2D eigenvalue weighted by Gasteiger charge is 2.51. The van der Waals surface area contributed by atoms with Gasteiger partial charge in [-0.25, -0.2) is 15.0 Å². The summed E-state index contributed by atoms with van der Waals surface area (Å²) >= 11 is 0. The predicted molar refractivity (Wildman–Crippen MR) is 196 cm³/mol. The number of hydrogen-bond donors (Lipinski definition) is 0. The average Bonchev–Trinajstić information content (AvgIpc) is 3.47. The lowest BCUT2D eigenvalue weighted by Crippen LogP contribution is -2.41. The maximum atomic E-state index is 14.3. The molecule has 236 valence electrons. The van der Waals surface area contributed by atoms with Crippen LogP contribution in [0.25, 0.3) is 56.4 Å². The van der Waals surface area contributed by atoms with Gasteiger partial charge in [0, 0.05) is 27.3 Å². The molecule has 6 aromatic rings. The minimum Gasteiger partial charge on any atom is -0.399 e. The van der Waals surface area contributed by atoms with Crippen molar-refractivity contribution < 1.29 is 13.9 Å². The smallest absolute Gasteiger partial charge is 0.399 e. The van der Waals surface area contributed by atoms with Crippen LogP contribution in [0.1, 0.15) is 27.7 Å². The van der Waals surface area contributed by atoms with Crippen molar-refractivity contribution in [3.8, 4) is 56.4 Å². The van der Waals surface area contributed by atoms with Crippen LogP contribution in [-0.2, 0) is 13.9 Å². The summed E-state index contributed by atoms with van der Waals surface area (Å²) in [6.45, 7) is 10.1. The van der Waals surface area contributed by atoms with Crippen LogP contribution < -0.4 is 16.1 Å². The van der Waals surface area contributed by atoms with Gasteiger partial charge in [-0.1, -0.05) is 115 Å². The van der Waals surface area contributed by atoms with E-state index in [2.05, 4.69) is 64.1 Å². The molecule has 1 unspecified atom stereocenters. The van der Waals surface area contributed by atoms with Gasteiger partial charge in [-0.3, -0.25) is 0 Å². The summed E-state index contributed by atoms with van der Waals surface area (Å²) < 4.78 is 27.3. The van der Waals surface area contributed by atoms with E-state index < -0.39 is 25.5 Å². The van der Waals surface area contributed by atoms with Crippen LogP contribution in [0.4, 0.5) is 0 Å². The molecule has 0 aliphatic carbocycles. The zero-order chi connectivity index (χ0) is 33.3. The summed E-state index contributed by atoms with van der Waals surface area (Å²) in [6, 6.07) is 40.4. The SMILES string of the molecule is CC1(C)OB(c2ccc(-c3ccc4c(c3)P(C)(=O)c3ccccc3-4)c(-c3nc(-c4ccccc4)nc(-c4ccccc4)n3)c2)OC1(C)C. The molecule has 1 aromatic heterocycles. The van der Waals surface area contributed by atoms with Gasteiger partial charge in [-0.15, -0.1) is 0 Å². The van der Waals surface area contributed by atoms with Crippen LogP contribution >= 0.6 is 7.14 Å². The molecule has 1 fully saturated rings. The van der Waals surface area contributed by atoms with E-state index in [-0.39, 0.29) is 0 Å². The Morgan fingerprint density at radius 3 is 1.67 bits per heavy atom. The summed E-state index contributed by atoms with van der Waals surface area (Å²) in [7, 11) is -3.36. The van der Waals surface area contributed by atoms with Crippen LogP contribution in [0.15, 0.2) is 121 Å². The Bertz CT molecular complexity index is 2180. The van der Waals surface area contributed by atoms with Gasteiger partial charge in [0.05, 0.1) is 11.2 Å². The molecule has 0 radical (unpaired) electrons. The van der Waals surface area contributed by atoms with Gasteiger partial charge in [0.1, 0.15) is 7.14 Å². The molecule has 0 bridgehead atoms. The van der Waals surface area contributed by atoms with Gasteiger partial charge < -0.3 is 13.9 Å². The van der Waals surface area contributed by atoms with Crippen molar-refractivity contribution in [1.29, 1.82) is 0 Å². The minimum atomic E-state index is -2.79. The number of nitrogens with zero attached hydrogens (tertiary/aromatic N) is 3. The van der Waals surface area contributed by atoms with E-state index in [4.69, 9.17) is 24.3 Å². The van der Waals surface area contributed by atoms with Crippen LogP contribution in [0.2, 0.25) is 0 Å². The summed E-state index contributed by atoms with van der Waals surface area (Å²) in [6.07, 6.45) is 0. The molecule has 3 heterocycles. The van der Waals surface area contributed by atoms with Crippen LogP contribution in [-0.4, -0.2) is 39.9 Å². The van der Waals surface area contributed by atoms with Gasteiger partial charge in [0.15, 0.2) is 17.5 Å². The molecule has 1 atom stereocenters. The molecule has 0 N–H and O–H groups in total. The summed E-state index contributed by atoms with van der Waals surface area (Å²) in [5.74, 6) is 1.68. The standard InChI is InChI=1S/C40H35BN3O3P/c1-39(2)40(3,4)47-41(46-39)29-21-23-30(28-20-22-32-31-18-12-13-19-34(31)48(5,45)35(32)24-28)33(25-29)38-43-36(26-14-8-6-9-15-26)42-37(44-38)27-16-10-7-11-17-27/h6-25H,1-5H3. The lowest BCUT2D eigenvalue weighted by molar-refractivity contribution is 0.00578. The quantitative estimate of drug-likeness (QED) is 0.141. The topological polar surface area (TPSA) is 74.2 Å². The predicted octanol–water partition coefficient (Wildman–Crippen LogP) is 7.76. The molecule has 0 amide bonds. The van der Waals surface area contributed by atoms with E-state index in [1.54, 1.807) is 0 Å². The number of fused-ring (bicyclic) bond motifs is 3. The van der Waals surface area contributed by atoms with Gasteiger partial charge in [0.25, 0.3) is 0 Å². The van der Waals surface area contributed by atoms with Crippen molar-refractivity contribution in [2.75, 3.05) is 6.66 Å². The fourth-order valence-corrected chi connectivity index (χ4v) is 8.86. The molecular formula is C40H35BN3O3P. The second-order valence-corrected chi connectivity index (χ2v) is 16.4. The Morgan fingerprint density at radius 1 is 0.521 bits per heavy atom. The molecule has 2 aliphatic rings. The van der Waals surface area contributed by atoms with Crippen LogP contribution in [0.5, 0.6) is 0 Å². The first-order chi connectivity index (χ1) is 23.0. The maximum absolute atomic E-state index is 14.3. The molecule has 0 spiro atoms. The van der Waals surface area contributed by atoms with E-state index in [0.29, 0.717) is 17.5 Å². The summed E-state index contributed by atoms with van der Waals surface area (Å²) in [5, 5.41) is 1.78. The molecule has 2 aliphatic heterocycles. The number of rotatable bonds is 5. The molecule has 8 rings (SSSR count). The van der Waals surface area contributed by atoms with Crippen molar-refractivity contribution >= 4 is 30.3 Å². The van der Waals surface area contributed by atoms with Gasteiger partial charge in [-0.05, 0) is 68.1 Å². The van der Waals surface area contributed by atoms with Gasteiger partial charge in [0.2, 0.25) is 0 Å². The van der Waals surface area contributed by atoms with Crippen molar-refractivity contribution in [3.63, 3.8) is 0 Å². The third-order valence-electron chi connectivity index (χ3n) is 9.93. The Labute approximate surface area is 281 Å². The second-order valence-electron chi connectivity index (χ2n) is 13.6. The Hall–Kier alpha value is -4.68. The fourth-order valence-electron chi connectivity index (χ4n) is 6.54. The van der Waals surface area contributed by atoms with Crippen molar-refractivity contribution in [2.24, 2.45) is 0 Å². The van der Waals surface area contributed by atoms with Crippen molar-refractivity contribution in [2.45, 2.75) is 38.9 Å². The molecular weight excluding hydrogens is 612 g/mol. The van der Waals surface area contributed by atoms with Crippen LogP contribution in [0, 0.1) is 0 Å². The van der Waals surface area contributed by atoms with Gasteiger partial charge in [-0.2, -0.15) is 0 Å². The van der Waals surface area contributed by atoms with E-state index in [0.717, 1.165) is 55.0 Å². The monoisotopic (exact) mass is 647 g/mol. The summed E-state index contributed by atoms with van der Waals surface area (Å²) in [5.41, 5.74) is 6.37. The maximum Gasteiger partial charge on any atom is 0.494 e. The highest BCUT2D eigenvalue weighted by Crippen LogP contribution is 2.51. The third kappa shape index (κ3) is 5.05. The van der Waals surface area contributed by atoms with Crippen LogP contribution in [0.3, 0.4) is 0 Å². The molecule has 6 nitrogen and oxygen atoms in total.